The zero-order chi connectivity index (χ0) is 14.0. The number of hydrogen-bond donors (Lipinski definition) is 1. The first-order valence-electron chi connectivity index (χ1n) is 6.34. The summed E-state index contributed by atoms with van der Waals surface area (Å²) in [7, 11) is 0. The van der Waals surface area contributed by atoms with Gasteiger partial charge in [0, 0.05) is 6.54 Å². The monoisotopic (exact) mass is 324 g/mol. The van der Waals surface area contributed by atoms with Crippen molar-refractivity contribution in [2.45, 2.75) is 39.7 Å². The van der Waals surface area contributed by atoms with Gasteiger partial charge in [-0.05, 0) is 28.3 Å². The zero-order valence-corrected chi connectivity index (χ0v) is 12.9. The summed E-state index contributed by atoms with van der Waals surface area (Å²) in [6.45, 7) is 6.98. The van der Waals surface area contributed by atoms with Gasteiger partial charge in [-0.15, -0.1) is 0 Å². The van der Waals surface area contributed by atoms with E-state index in [1.165, 1.54) is 0 Å². The Morgan fingerprint density at radius 3 is 2.84 bits per heavy atom. The second kappa shape index (κ2) is 5.69. The van der Waals surface area contributed by atoms with E-state index in [0.29, 0.717) is 10.3 Å². The largest absolute Gasteiger partial charge is 0.328 e. The van der Waals surface area contributed by atoms with Gasteiger partial charge in [-0.1, -0.05) is 20.8 Å². The number of nitrogens with zero attached hydrogens (tertiary/aromatic N) is 3. The number of aromatic amines is 1. The first kappa shape index (κ1) is 14.0. The van der Waals surface area contributed by atoms with Gasteiger partial charge in [0.25, 0.3) is 5.56 Å². The molecule has 102 valence electrons. The van der Waals surface area contributed by atoms with Gasteiger partial charge in [0.15, 0.2) is 5.82 Å². The molecule has 0 unspecified atom stereocenters. The summed E-state index contributed by atoms with van der Waals surface area (Å²) in [6.07, 6.45) is 4.49. The number of rotatable bonds is 4. The lowest BCUT2D eigenvalue weighted by Gasteiger charge is -2.10. The summed E-state index contributed by atoms with van der Waals surface area (Å²) >= 11 is 3.30. The van der Waals surface area contributed by atoms with Crippen molar-refractivity contribution in [3.8, 4) is 11.5 Å². The van der Waals surface area contributed by atoms with Crippen molar-refractivity contribution in [3.63, 3.8) is 0 Å². The van der Waals surface area contributed by atoms with Crippen LogP contribution in [-0.2, 0) is 6.54 Å². The van der Waals surface area contributed by atoms with Gasteiger partial charge in [-0.2, -0.15) is 0 Å². The van der Waals surface area contributed by atoms with Gasteiger partial charge in [-0.3, -0.25) is 4.79 Å². The predicted molar refractivity (Wildman–Crippen MR) is 78.2 cm³/mol. The molecule has 2 aromatic heterocycles. The highest BCUT2D eigenvalue weighted by molar-refractivity contribution is 9.10. The maximum atomic E-state index is 12.0. The van der Waals surface area contributed by atoms with E-state index in [2.05, 4.69) is 37.8 Å². The summed E-state index contributed by atoms with van der Waals surface area (Å²) in [4.78, 5) is 23.4. The van der Waals surface area contributed by atoms with Crippen LogP contribution in [0.3, 0.4) is 0 Å². The van der Waals surface area contributed by atoms with E-state index in [1.54, 1.807) is 12.5 Å². The molecule has 0 aromatic carbocycles. The maximum absolute atomic E-state index is 12.0. The summed E-state index contributed by atoms with van der Waals surface area (Å²) in [5, 5.41) is 0. The first-order valence-corrected chi connectivity index (χ1v) is 7.14. The van der Waals surface area contributed by atoms with Crippen LogP contribution < -0.4 is 5.56 Å². The fourth-order valence-electron chi connectivity index (χ4n) is 1.92. The van der Waals surface area contributed by atoms with Crippen LogP contribution in [0.5, 0.6) is 0 Å². The number of H-pyrrole nitrogens is 1. The highest BCUT2D eigenvalue weighted by Gasteiger charge is 2.15. The number of imidazole rings is 1. The van der Waals surface area contributed by atoms with Crippen molar-refractivity contribution in [3.05, 3.63) is 33.0 Å². The maximum Gasteiger partial charge on any atom is 0.265 e. The average Bonchev–Trinajstić information content (AvgIpc) is 2.81. The highest BCUT2D eigenvalue weighted by atomic mass is 79.9. The Bertz CT molecular complexity index is 630. The first-order chi connectivity index (χ1) is 9.04. The molecule has 2 rings (SSSR count). The molecule has 0 bridgehead atoms. The normalized spacial score (nSPS) is 11.2. The van der Waals surface area contributed by atoms with Crippen LogP contribution in [0.1, 0.15) is 38.8 Å². The van der Waals surface area contributed by atoms with Gasteiger partial charge in [0.2, 0.25) is 0 Å². The van der Waals surface area contributed by atoms with E-state index in [4.69, 9.17) is 0 Å². The molecule has 0 aliphatic carbocycles. The van der Waals surface area contributed by atoms with E-state index in [9.17, 15) is 4.79 Å². The molecule has 0 aliphatic heterocycles. The van der Waals surface area contributed by atoms with Crippen LogP contribution in [0.2, 0.25) is 0 Å². The minimum atomic E-state index is -0.155. The second-order valence-electron chi connectivity index (χ2n) is 4.74. The molecular formula is C13H17BrN4O. The third kappa shape index (κ3) is 2.78. The highest BCUT2D eigenvalue weighted by Crippen LogP contribution is 2.22. The molecule has 0 amide bonds. The Kier molecular flexibility index (Phi) is 4.19. The van der Waals surface area contributed by atoms with Crippen LogP contribution in [0.15, 0.2) is 21.8 Å². The molecule has 19 heavy (non-hydrogen) atoms. The molecule has 0 radical (unpaired) electrons. The lowest BCUT2D eigenvalue weighted by atomic mass is 10.1. The Morgan fingerprint density at radius 2 is 2.21 bits per heavy atom. The third-order valence-corrected chi connectivity index (χ3v) is 3.62. The van der Waals surface area contributed by atoms with Gasteiger partial charge >= 0.3 is 0 Å². The molecule has 2 heterocycles. The van der Waals surface area contributed by atoms with E-state index in [0.717, 1.165) is 24.4 Å². The molecule has 1 N–H and O–H groups in total. The Morgan fingerprint density at radius 1 is 1.47 bits per heavy atom. The number of halogens is 1. The van der Waals surface area contributed by atoms with Crippen molar-refractivity contribution < 1.29 is 0 Å². The average molecular weight is 325 g/mol. The summed E-state index contributed by atoms with van der Waals surface area (Å²) < 4.78 is 2.50. The number of aromatic nitrogens is 4. The van der Waals surface area contributed by atoms with Crippen molar-refractivity contribution >= 4 is 15.9 Å². The van der Waals surface area contributed by atoms with E-state index in [-0.39, 0.29) is 11.5 Å². The molecule has 5 nitrogen and oxygen atoms in total. The zero-order valence-electron chi connectivity index (χ0n) is 11.3. The van der Waals surface area contributed by atoms with Crippen molar-refractivity contribution in [1.82, 2.24) is 19.5 Å². The quantitative estimate of drug-likeness (QED) is 0.940. The van der Waals surface area contributed by atoms with E-state index < -0.39 is 0 Å². The molecule has 0 spiro atoms. The SMILES string of the molecule is CCCn1cncc1-c1nc(C(C)C)c(Br)c(=O)[nH]1. The fourth-order valence-corrected chi connectivity index (χ4v) is 2.56. The topological polar surface area (TPSA) is 63.6 Å². The minimum absolute atomic E-state index is 0.155. The van der Waals surface area contributed by atoms with Crippen LogP contribution in [0, 0.1) is 0 Å². The molecule has 0 fully saturated rings. The summed E-state index contributed by atoms with van der Waals surface area (Å²) in [6, 6.07) is 0. The van der Waals surface area contributed by atoms with Crippen molar-refractivity contribution in [2.75, 3.05) is 0 Å². The van der Waals surface area contributed by atoms with E-state index in [1.807, 2.05) is 18.4 Å². The Balaban J connectivity index is 2.57. The standard InChI is InChI=1S/C13H17BrN4O/c1-4-5-18-7-15-6-9(18)12-16-11(8(2)3)10(14)13(19)17-12/h6-8H,4-5H2,1-3H3,(H,16,17,19). The summed E-state index contributed by atoms with van der Waals surface area (Å²) in [5.74, 6) is 0.751. The molecule has 0 saturated heterocycles. The predicted octanol–water partition coefficient (Wildman–Crippen LogP) is 2.93. The van der Waals surface area contributed by atoms with Crippen LogP contribution in [-0.4, -0.2) is 19.5 Å². The Labute approximate surface area is 120 Å². The number of nitrogens with one attached hydrogen (secondary N) is 1. The molecular weight excluding hydrogens is 308 g/mol. The Hall–Kier alpha value is -1.43. The van der Waals surface area contributed by atoms with Crippen LogP contribution in [0.4, 0.5) is 0 Å². The molecule has 2 aromatic rings. The van der Waals surface area contributed by atoms with Crippen LogP contribution in [0.25, 0.3) is 11.5 Å². The van der Waals surface area contributed by atoms with Crippen molar-refractivity contribution in [1.29, 1.82) is 0 Å². The number of hydrogen-bond acceptors (Lipinski definition) is 3. The van der Waals surface area contributed by atoms with Gasteiger partial charge in [-0.25, -0.2) is 9.97 Å². The molecule has 0 saturated carbocycles. The fraction of sp³-hybridized carbons (Fsp3) is 0.462. The van der Waals surface area contributed by atoms with Gasteiger partial charge in [0.1, 0.15) is 10.2 Å². The summed E-state index contributed by atoms with van der Waals surface area (Å²) in [5.41, 5.74) is 1.45. The number of aryl methyl sites for hydroxylation is 1. The third-order valence-electron chi connectivity index (χ3n) is 2.85. The van der Waals surface area contributed by atoms with Crippen molar-refractivity contribution in [2.24, 2.45) is 0 Å². The lowest BCUT2D eigenvalue weighted by Crippen LogP contribution is -2.15. The lowest BCUT2D eigenvalue weighted by molar-refractivity contribution is 0.679. The van der Waals surface area contributed by atoms with Gasteiger partial charge < -0.3 is 9.55 Å². The van der Waals surface area contributed by atoms with Crippen LogP contribution >= 0.6 is 15.9 Å². The molecule has 0 atom stereocenters. The van der Waals surface area contributed by atoms with E-state index >= 15 is 0 Å². The smallest absolute Gasteiger partial charge is 0.265 e. The second-order valence-corrected chi connectivity index (χ2v) is 5.53. The minimum Gasteiger partial charge on any atom is -0.328 e. The molecule has 0 aliphatic rings. The molecule has 6 heteroatoms. The van der Waals surface area contributed by atoms with Gasteiger partial charge in [0.05, 0.1) is 18.2 Å².